The lowest BCUT2D eigenvalue weighted by atomic mass is 10.00. The molecule has 3 N–H and O–H groups in total. The van der Waals surface area contributed by atoms with Crippen LogP contribution in [0.5, 0.6) is 0 Å². The largest absolute Gasteiger partial charge is 0.390 e. The van der Waals surface area contributed by atoms with E-state index in [4.69, 9.17) is 0 Å². The lowest BCUT2D eigenvalue weighted by Crippen LogP contribution is -2.42. The van der Waals surface area contributed by atoms with Crippen LogP contribution in [-0.4, -0.2) is 52.7 Å². The maximum Gasteiger partial charge on any atom is 0.251 e. The Balaban J connectivity index is 1.25. The smallest absolute Gasteiger partial charge is 0.251 e. The second-order valence-corrected chi connectivity index (χ2v) is 8.17. The molecule has 1 fully saturated rings. The van der Waals surface area contributed by atoms with Gasteiger partial charge in [-0.15, -0.1) is 0 Å². The number of aliphatic hydroxyl groups excluding tert-OH is 1. The Kier molecular flexibility index (Phi) is 6.42. The molecule has 0 radical (unpaired) electrons. The van der Waals surface area contributed by atoms with E-state index in [9.17, 15) is 9.90 Å². The summed E-state index contributed by atoms with van der Waals surface area (Å²) >= 11 is 0. The summed E-state index contributed by atoms with van der Waals surface area (Å²) in [6.45, 7) is 2.58. The molecule has 2 aromatic rings. The van der Waals surface area contributed by atoms with E-state index in [0.29, 0.717) is 18.2 Å². The van der Waals surface area contributed by atoms with Crippen LogP contribution in [0.4, 0.5) is 5.82 Å². The molecule has 6 nitrogen and oxygen atoms in total. The van der Waals surface area contributed by atoms with E-state index in [0.717, 1.165) is 38.2 Å². The third-order valence-electron chi connectivity index (χ3n) is 5.91. The van der Waals surface area contributed by atoms with Crippen molar-refractivity contribution < 1.29 is 9.90 Å². The summed E-state index contributed by atoms with van der Waals surface area (Å²) in [6, 6.07) is 12.4. The summed E-state index contributed by atoms with van der Waals surface area (Å²) in [6.07, 6.45) is 6.88. The number of pyridine rings is 1. The van der Waals surface area contributed by atoms with E-state index in [-0.39, 0.29) is 12.5 Å². The van der Waals surface area contributed by atoms with Crippen molar-refractivity contribution in [3.05, 3.63) is 59.3 Å². The van der Waals surface area contributed by atoms with Crippen LogP contribution in [0.2, 0.25) is 0 Å². The summed E-state index contributed by atoms with van der Waals surface area (Å²) in [7, 11) is 0. The Morgan fingerprint density at radius 1 is 1.21 bits per heavy atom. The Hall–Kier alpha value is -2.44. The van der Waals surface area contributed by atoms with Crippen molar-refractivity contribution in [2.24, 2.45) is 0 Å². The molecule has 4 rings (SSSR count). The van der Waals surface area contributed by atoms with Crippen LogP contribution in [0.1, 0.15) is 47.2 Å². The topological polar surface area (TPSA) is 77.5 Å². The first kappa shape index (κ1) is 19.9. The van der Waals surface area contributed by atoms with Crippen LogP contribution < -0.4 is 10.6 Å². The third-order valence-corrected chi connectivity index (χ3v) is 5.91. The summed E-state index contributed by atoms with van der Waals surface area (Å²) in [5, 5.41) is 16.7. The highest BCUT2D eigenvalue weighted by molar-refractivity contribution is 5.94. The van der Waals surface area contributed by atoms with Crippen molar-refractivity contribution in [2.45, 2.75) is 50.8 Å². The molecule has 1 amide bonds. The number of aromatic nitrogens is 1. The molecule has 2 aliphatic rings. The number of benzene rings is 1. The van der Waals surface area contributed by atoms with E-state index in [1.54, 1.807) is 18.3 Å². The first-order valence-corrected chi connectivity index (χ1v) is 10.7. The van der Waals surface area contributed by atoms with Crippen LogP contribution in [0.3, 0.4) is 0 Å². The van der Waals surface area contributed by atoms with Gasteiger partial charge in [-0.3, -0.25) is 9.69 Å². The Morgan fingerprint density at radius 2 is 2.00 bits per heavy atom. The van der Waals surface area contributed by atoms with Gasteiger partial charge in [-0.05, 0) is 42.5 Å². The van der Waals surface area contributed by atoms with Crippen LogP contribution in [0.15, 0.2) is 42.6 Å². The highest BCUT2D eigenvalue weighted by Gasteiger charge is 2.19. The number of β-amino-alcohol motifs (C(OH)–C–C–N with tert-alkyl or cyclic N) is 1. The molecular weight excluding hydrogens is 364 g/mol. The number of aliphatic hydroxyl groups is 1. The maximum absolute atomic E-state index is 12.5. The van der Waals surface area contributed by atoms with E-state index in [1.165, 1.54) is 24.0 Å². The van der Waals surface area contributed by atoms with Crippen molar-refractivity contribution in [3.63, 3.8) is 0 Å². The van der Waals surface area contributed by atoms with Crippen LogP contribution in [-0.2, 0) is 13.0 Å². The molecule has 2 heterocycles. The van der Waals surface area contributed by atoms with Crippen molar-refractivity contribution >= 4 is 11.7 Å². The molecule has 0 bridgehead atoms. The Labute approximate surface area is 172 Å². The van der Waals surface area contributed by atoms with Gasteiger partial charge in [-0.1, -0.05) is 37.1 Å². The number of carbonyl (C=O) groups is 1. The average molecular weight is 395 g/mol. The fourth-order valence-electron chi connectivity index (χ4n) is 4.32. The zero-order valence-electron chi connectivity index (χ0n) is 16.8. The lowest BCUT2D eigenvalue weighted by molar-refractivity contribution is 0.0842. The summed E-state index contributed by atoms with van der Waals surface area (Å²) in [5.41, 5.74) is 3.29. The minimum atomic E-state index is -0.595. The molecule has 1 aromatic carbocycles. The molecule has 6 heteroatoms. The molecule has 1 aromatic heterocycles. The standard InChI is InChI=1S/C23H30N4O2/c28-21(16-27-12-10-17-5-1-2-6-19(17)15-27)14-25-23(29)18-9-11-24-22(13-18)26-20-7-3-4-8-20/h1-2,5-6,9,11,13,20-21,28H,3-4,7-8,10,12,14-16H2,(H,24,26)(H,25,29)/t21-/m0/s1. The fourth-order valence-corrected chi connectivity index (χ4v) is 4.32. The molecule has 0 spiro atoms. The number of fused-ring (bicyclic) bond motifs is 1. The van der Waals surface area contributed by atoms with Crippen LogP contribution in [0, 0.1) is 0 Å². The van der Waals surface area contributed by atoms with Gasteiger partial charge in [0.1, 0.15) is 5.82 Å². The van der Waals surface area contributed by atoms with Crippen molar-refractivity contribution in [1.82, 2.24) is 15.2 Å². The number of nitrogens with zero attached hydrogens (tertiary/aromatic N) is 2. The van der Waals surface area contributed by atoms with E-state index in [1.807, 2.05) is 0 Å². The predicted molar refractivity (Wildman–Crippen MR) is 114 cm³/mol. The minimum absolute atomic E-state index is 0.176. The zero-order chi connectivity index (χ0) is 20.1. The van der Waals surface area contributed by atoms with Gasteiger partial charge in [0.2, 0.25) is 0 Å². The average Bonchev–Trinajstić information content (AvgIpc) is 3.25. The van der Waals surface area contributed by atoms with Gasteiger partial charge in [0.05, 0.1) is 6.10 Å². The molecule has 1 atom stereocenters. The van der Waals surface area contributed by atoms with E-state index in [2.05, 4.69) is 44.8 Å². The number of hydrogen-bond donors (Lipinski definition) is 3. The second-order valence-electron chi connectivity index (χ2n) is 8.17. The van der Waals surface area contributed by atoms with Gasteiger partial charge in [-0.2, -0.15) is 0 Å². The van der Waals surface area contributed by atoms with Gasteiger partial charge >= 0.3 is 0 Å². The molecule has 1 aliphatic heterocycles. The minimum Gasteiger partial charge on any atom is -0.390 e. The first-order valence-electron chi connectivity index (χ1n) is 10.7. The molecule has 0 unspecified atom stereocenters. The van der Waals surface area contributed by atoms with Gasteiger partial charge in [0, 0.05) is 44.0 Å². The van der Waals surface area contributed by atoms with E-state index >= 15 is 0 Å². The van der Waals surface area contributed by atoms with Gasteiger partial charge in [-0.25, -0.2) is 4.98 Å². The molecule has 29 heavy (non-hydrogen) atoms. The first-order chi connectivity index (χ1) is 14.2. The highest BCUT2D eigenvalue weighted by atomic mass is 16.3. The maximum atomic E-state index is 12.5. The fraction of sp³-hybridized carbons (Fsp3) is 0.478. The SMILES string of the molecule is O=C(NC[C@H](O)CN1CCc2ccccc2C1)c1ccnc(NC2CCCC2)c1. The monoisotopic (exact) mass is 394 g/mol. The molecule has 0 saturated heterocycles. The van der Waals surface area contributed by atoms with Crippen LogP contribution in [0.25, 0.3) is 0 Å². The predicted octanol–water partition coefficient (Wildman–Crippen LogP) is 2.59. The molecular formula is C23H30N4O2. The van der Waals surface area contributed by atoms with Gasteiger partial charge in [0.15, 0.2) is 0 Å². The highest BCUT2D eigenvalue weighted by Crippen LogP contribution is 2.22. The summed E-state index contributed by atoms with van der Waals surface area (Å²) in [4.78, 5) is 19.1. The Bertz CT molecular complexity index is 835. The number of nitrogens with one attached hydrogen (secondary N) is 2. The number of rotatable bonds is 7. The van der Waals surface area contributed by atoms with E-state index < -0.39 is 6.10 Å². The zero-order valence-corrected chi connectivity index (χ0v) is 16.8. The molecule has 1 aliphatic carbocycles. The quantitative estimate of drug-likeness (QED) is 0.673. The number of anilines is 1. The lowest BCUT2D eigenvalue weighted by Gasteiger charge is -2.30. The number of amides is 1. The van der Waals surface area contributed by atoms with Crippen molar-refractivity contribution in [2.75, 3.05) is 25.0 Å². The number of hydrogen-bond acceptors (Lipinski definition) is 5. The summed E-state index contributed by atoms with van der Waals surface area (Å²) in [5.74, 6) is 0.571. The third kappa shape index (κ3) is 5.34. The summed E-state index contributed by atoms with van der Waals surface area (Å²) < 4.78 is 0. The van der Waals surface area contributed by atoms with Crippen LogP contribution >= 0.6 is 0 Å². The Morgan fingerprint density at radius 3 is 2.83 bits per heavy atom. The molecule has 154 valence electrons. The number of carbonyl (C=O) groups excluding carboxylic acids is 1. The molecule has 1 saturated carbocycles. The van der Waals surface area contributed by atoms with Crippen molar-refractivity contribution in [3.8, 4) is 0 Å². The van der Waals surface area contributed by atoms with Gasteiger partial charge in [0.25, 0.3) is 5.91 Å². The second kappa shape index (κ2) is 9.37. The van der Waals surface area contributed by atoms with Gasteiger partial charge < -0.3 is 15.7 Å². The van der Waals surface area contributed by atoms with Crippen molar-refractivity contribution in [1.29, 1.82) is 0 Å². The normalized spacial score (nSPS) is 18.2.